The maximum absolute atomic E-state index is 6.10. The fourth-order valence-corrected chi connectivity index (χ4v) is 1.79. The molecular weight excluding hydrogens is 277 g/mol. The highest BCUT2D eigenvalue weighted by atomic mass is 35.5. The number of rotatable bonds is 7. The zero-order valence-electron chi connectivity index (χ0n) is 10.8. The second-order valence-corrected chi connectivity index (χ2v) is 3.89. The average molecular weight is 296 g/mol. The monoisotopic (exact) mass is 295 g/mol. The predicted molar refractivity (Wildman–Crippen MR) is 75.4 cm³/mol. The number of nitrogens with one attached hydrogen (secondary N) is 1. The molecule has 0 aliphatic carbocycles. The lowest BCUT2D eigenvalue weighted by atomic mass is 10.2. The van der Waals surface area contributed by atoms with Gasteiger partial charge in [-0.05, 0) is 17.7 Å². The summed E-state index contributed by atoms with van der Waals surface area (Å²) in [5.41, 5.74) is 1.05. The van der Waals surface area contributed by atoms with Crippen molar-refractivity contribution in [2.45, 2.75) is 6.54 Å². The largest absolute Gasteiger partial charge is 0.493 e. The van der Waals surface area contributed by atoms with Crippen molar-refractivity contribution in [3.63, 3.8) is 0 Å². The number of hydrogen-bond donors (Lipinski definition) is 1. The van der Waals surface area contributed by atoms with Crippen LogP contribution in [-0.2, 0) is 11.3 Å². The summed E-state index contributed by atoms with van der Waals surface area (Å²) in [5.74, 6) is 1.21. The van der Waals surface area contributed by atoms with E-state index in [0.717, 1.165) is 12.1 Å². The molecule has 0 heterocycles. The zero-order valence-corrected chi connectivity index (χ0v) is 12.4. The highest BCUT2D eigenvalue weighted by Crippen LogP contribution is 2.35. The van der Waals surface area contributed by atoms with Crippen LogP contribution in [0.1, 0.15) is 5.56 Å². The first kappa shape index (κ1) is 17.3. The van der Waals surface area contributed by atoms with Crippen LogP contribution in [-0.4, -0.2) is 34.5 Å². The summed E-state index contributed by atoms with van der Waals surface area (Å²) in [6.07, 6.45) is 0. The third-order valence-corrected chi connectivity index (χ3v) is 2.59. The van der Waals surface area contributed by atoms with Gasteiger partial charge in [-0.1, -0.05) is 11.6 Å². The summed E-state index contributed by atoms with van der Waals surface area (Å²) in [7, 11) is 4.84. The van der Waals surface area contributed by atoms with Gasteiger partial charge in [-0.3, -0.25) is 0 Å². The van der Waals surface area contributed by atoms with E-state index in [1.165, 1.54) is 0 Å². The Bertz CT molecular complexity index is 361. The lowest BCUT2D eigenvalue weighted by Gasteiger charge is -2.12. The molecule has 104 valence electrons. The molecule has 0 aromatic heterocycles. The van der Waals surface area contributed by atoms with Gasteiger partial charge in [0.1, 0.15) is 0 Å². The molecule has 0 saturated heterocycles. The number of halogens is 2. The normalized spacial score (nSPS) is 9.78. The third kappa shape index (κ3) is 4.90. The molecule has 1 N–H and O–H groups in total. The molecule has 0 amide bonds. The fourth-order valence-electron chi connectivity index (χ4n) is 1.48. The molecule has 1 rings (SSSR count). The maximum Gasteiger partial charge on any atom is 0.179 e. The summed E-state index contributed by atoms with van der Waals surface area (Å²) in [6, 6.07) is 3.77. The summed E-state index contributed by atoms with van der Waals surface area (Å²) < 4.78 is 15.3. The highest BCUT2D eigenvalue weighted by Gasteiger charge is 2.10. The summed E-state index contributed by atoms with van der Waals surface area (Å²) in [5, 5.41) is 3.79. The molecular formula is C12H19Cl2NO3. The van der Waals surface area contributed by atoms with E-state index in [0.29, 0.717) is 29.7 Å². The molecule has 0 aliphatic rings. The van der Waals surface area contributed by atoms with Gasteiger partial charge in [-0.25, -0.2) is 0 Å². The second kappa shape index (κ2) is 9.28. The molecule has 6 heteroatoms. The zero-order chi connectivity index (χ0) is 12.7. The smallest absolute Gasteiger partial charge is 0.179 e. The van der Waals surface area contributed by atoms with E-state index in [-0.39, 0.29) is 12.4 Å². The Morgan fingerprint density at radius 1 is 1.17 bits per heavy atom. The van der Waals surface area contributed by atoms with E-state index in [4.69, 9.17) is 25.8 Å². The van der Waals surface area contributed by atoms with Crippen LogP contribution in [0.4, 0.5) is 0 Å². The van der Waals surface area contributed by atoms with E-state index in [9.17, 15) is 0 Å². The topological polar surface area (TPSA) is 39.7 Å². The molecule has 0 fully saturated rings. The van der Waals surface area contributed by atoms with E-state index in [1.807, 2.05) is 12.1 Å². The van der Waals surface area contributed by atoms with Crippen molar-refractivity contribution < 1.29 is 14.2 Å². The van der Waals surface area contributed by atoms with Crippen LogP contribution in [0.3, 0.4) is 0 Å². The first-order chi connectivity index (χ1) is 8.22. The molecule has 0 spiro atoms. The lowest BCUT2D eigenvalue weighted by molar-refractivity contribution is 0.199. The summed E-state index contributed by atoms with van der Waals surface area (Å²) in [6.45, 7) is 2.19. The molecule has 18 heavy (non-hydrogen) atoms. The van der Waals surface area contributed by atoms with E-state index in [2.05, 4.69) is 5.32 Å². The van der Waals surface area contributed by atoms with Gasteiger partial charge in [0, 0.05) is 20.2 Å². The van der Waals surface area contributed by atoms with Crippen LogP contribution in [0.2, 0.25) is 5.02 Å². The van der Waals surface area contributed by atoms with Crippen LogP contribution in [0.15, 0.2) is 12.1 Å². The van der Waals surface area contributed by atoms with Gasteiger partial charge in [0.05, 0.1) is 25.8 Å². The van der Waals surface area contributed by atoms with Crippen molar-refractivity contribution in [3.8, 4) is 11.5 Å². The lowest BCUT2D eigenvalue weighted by Crippen LogP contribution is -2.18. The van der Waals surface area contributed by atoms with Gasteiger partial charge in [-0.15, -0.1) is 12.4 Å². The molecule has 0 saturated carbocycles. The number of ether oxygens (including phenoxy) is 3. The van der Waals surface area contributed by atoms with Crippen molar-refractivity contribution >= 4 is 24.0 Å². The molecule has 0 aliphatic heterocycles. The van der Waals surface area contributed by atoms with E-state index in [1.54, 1.807) is 21.3 Å². The minimum absolute atomic E-state index is 0. The molecule has 4 nitrogen and oxygen atoms in total. The van der Waals surface area contributed by atoms with E-state index < -0.39 is 0 Å². The van der Waals surface area contributed by atoms with Crippen molar-refractivity contribution in [2.75, 3.05) is 34.5 Å². The number of methoxy groups -OCH3 is 3. The molecule has 0 unspecified atom stereocenters. The fraction of sp³-hybridized carbons (Fsp3) is 0.500. The van der Waals surface area contributed by atoms with Gasteiger partial charge in [0.15, 0.2) is 11.5 Å². The van der Waals surface area contributed by atoms with Gasteiger partial charge in [0.25, 0.3) is 0 Å². The molecule has 0 atom stereocenters. The Morgan fingerprint density at radius 3 is 2.44 bits per heavy atom. The van der Waals surface area contributed by atoms with Crippen LogP contribution in [0.25, 0.3) is 0 Å². The van der Waals surface area contributed by atoms with Crippen molar-refractivity contribution in [3.05, 3.63) is 22.7 Å². The number of benzene rings is 1. The summed E-state index contributed by atoms with van der Waals surface area (Å²) in [4.78, 5) is 0. The predicted octanol–water partition coefficient (Wildman–Crippen LogP) is 2.52. The number of hydrogen-bond acceptors (Lipinski definition) is 4. The van der Waals surface area contributed by atoms with Crippen molar-refractivity contribution in [1.29, 1.82) is 0 Å². The third-order valence-electron chi connectivity index (χ3n) is 2.31. The van der Waals surface area contributed by atoms with Crippen LogP contribution in [0.5, 0.6) is 11.5 Å². The Hall–Kier alpha value is -0.680. The maximum atomic E-state index is 6.10. The van der Waals surface area contributed by atoms with Crippen LogP contribution in [0, 0.1) is 0 Å². The average Bonchev–Trinajstić information content (AvgIpc) is 2.34. The quantitative estimate of drug-likeness (QED) is 0.785. The Kier molecular flexibility index (Phi) is 8.93. The highest BCUT2D eigenvalue weighted by molar-refractivity contribution is 6.32. The van der Waals surface area contributed by atoms with Crippen molar-refractivity contribution in [2.24, 2.45) is 0 Å². The van der Waals surface area contributed by atoms with Gasteiger partial charge in [0.2, 0.25) is 0 Å². The Morgan fingerprint density at radius 2 is 1.89 bits per heavy atom. The minimum Gasteiger partial charge on any atom is -0.493 e. The van der Waals surface area contributed by atoms with Gasteiger partial charge in [-0.2, -0.15) is 0 Å². The van der Waals surface area contributed by atoms with Crippen LogP contribution < -0.4 is 14.8 Å². The SMILES string of the molecule is COCCNCc1cc(Cl)c(OC)c(OC)c1.Cl. The van der Waals surface area contributed by atoms with Crippen LogP contribution >= 0.6 is 24.0 Å². The molecule has 1 aromatic rings. The molecule has 1 aromatic carbocycles. The Labute approximate surface area is 119 Å². The van der Waals surface area contributed by atoms with E-state index >= 15 is 0 Å². The minimum atomic E-state index is 0. The molecule has 0 radical (unpaired) electrons. The molecule has 0 bridgehead atoms. The Balaban J connectivity index is 0.00000289. The standard InChI is InChI=1S/C12H18ClNO3.ClH/c1-15-5-4-14-8-9-6-10(13)12(17-3)11(7-9)16-2;/h6-7,14H,4-5,8H2,1-3H3;1H. The second-order valence-electron chi connectivity index (χ2n) is 3.48. The van der Waals surface area contributed by atoms with Gasteiger partial charge < -0.3 is 19.5 Å². The first-order valence-electron chi connectivity index (χ1n) is 5.33. The summed E-state index contributed by atoms with van der Waals surface area (Å²) >= 11 is 6.10. The van der Waals surface area contributed by atoms with Gasteiger partial charge >= 0.3 is 0 Å². The first-order valence-corrected chi connectivity index (χ1v) is 5.70. The van der Waals surface area contributed by atoms with Crippen molar-refractivity contribution in [1.82, 2.24) is 5.32 Å².